The van der Waals surface area contributed by atoms with Crippen molar-refractivity contribution in [3.05, 3.63) is 0 Å². The number of hydrogen-bond acceptors (Lipinski definition) is 4. The molecular formula is C9H17NO4. The lowest BCUT2D eigenvalue weighted by atomic mass is 9.99. The summed E-state index contributed by atoms with van der Waals surface area (Å²) in [6.45, 7) is 3.12. The number of esters is 1. The van der Waals surface area contributed by atoms with Gasteiger partial charge in [-0.05, 0) is 5.92 Å². The first kappa shape index (κ1) is 12.9. The van der Waals surface area contributed by atoms with E-state index in [1.165, 1.54) is 7.11 Å². The van der Waals surface area contributed by atoms with Crippen LogP contribution in [0.3, 0.4) is 0 Å². The standard InChI is InChI=1S/C9H17NO4/c1-4-6(2)8(9(13)14-3)10-7(12)5-11/h6,8,11H,4-5H2,1-3H3,(H,10,12)/t6-,8+/m1/s1. The van der Waals surface area contributed by atoms with Gasteiger partial charge in [-0.2, -0.15) is 0 Å². The Morgan fingerprint density at radius 3 is 2.43 bits per heavy atom. The van der Waals surface area contributed by atoms with Crippen LogP contribution in [-0.4, -0.2) is 36.7 Å². The van der Waals surface area contributed by atoms with Gasteiger partial charge in [0, 0.05) is 0 Å². The van der Waals surface area contributed by atoms with Gasteiger partial charge in [0.25, 0.3) is 0 Å². The molecule has 0 spiro atoms. The second kappa shape index (κ2) is 6.37. The van der Waals surface area contributed by atoms with Gasteiger partial charge in [0.15, 0.2) is 0 Å². The summed E-state index contributed by atoms with van der Waals surface area (Å²) in [5, 5.41) is 10.9. The SMILES string of the molecule is CC[C@@H](C)[C@H](NC(=O)CO)C(=O)OC. The molecule has 0 heterocycles. The molecule has 2 N–H and O–H groups in total. The minimum atomic E-state index is -0.676. The lowest BCUT2D eigenvalue weighted by Crippen LogP contribution is -2.46. The normalized spacial score (nSPS) is 14.3. The van der Waals surface area contributed by atoms with E-state index < -0.39 is 24.5 Å². The Morgan fingerprint density at radius 1 is 1.50 bits per heavy atom. The van der Waals surface area contributed by atoms with Gasteiger partial charge in [-0.3, -0.25) is 4.79 Å². The van der Waals surface area contributed by atoms with Crippen molar-refractivity contribution in [2.45, 2.75) is 26.3 Å². The zero-order valence-corrected chi connectivity index (χ0v) is 8.74. The highest BCUT2D eigenvalue weighted by Gasteiger charge is 2.26. The molecule has 0 saturated heterocycles. The first-order chi connectivity index (χ1) is 6.56. The molecule has 0 aromatic heterocycles. The van der Waals surface area contributed by atoms with Crippen LogP contribution in [-0.2, 0) is 14.3 Å². The highest BCUT2D eigenvalue weighted by Crippen LogP contribution is 2.08. The number of amides is 1. The zero-order valence-electron chi connectivity index (χ0n) is 8.74. The van der Waals surface area contributed by atoms with Crippen molar-refractivity contribution in [2.75, 3.05) is 13.7 Å². The molecule has 0 aliphatic carbocycles. The summed E-state index contributed by atoms with van der Waals surface area (Å²) < 4.78 is 4.55. The Kier molecular flexibility index (Phi) is 5.87. The fourth-order valence-electron chi connectivity index (χ4n) is 1.02. The number of carbonyl (C=O) groups excluding carboxylic acids is 2. The van der Waals surface area contributed by atoms with Crippen molar-refractivity contribution >= 4 is 11.9 Å². The summed E-state index contributed by atoms with van der Waals surface area (Å²) in [5.74, 6) is -1.07. The molecule has 0 radical (unpaired) electrons. The highest BCUT2D eigenvalue weighted by molar-refractivity contribution is 5.85. The minimum absolute atomic E-state index is 0.0158. The summed E-state index contributed by atoms with van der Waals surface area (Å²) in [6.07, 6.45) is 0.742. The van der Waals surface area contributed by atoms with E-state index in [2.05, 4.69) is 10.1 Å². The number of ether oxygens (including phenoxy) is 1. The van der Waals surface area contributed by atoms with Gasteiger partial charge >= 0.3 is 5.97 Å². The predicted octanol–water partition coefficient (Wildman–Crippen LogP) is -0.317. The topological polar surface area (TPSA) is 75.6 Å². The van der Waals surface area contributed by atoms with Crippen LogP contribution >= 0.6 is 0 Å². The summed E-state index contributed by atoms with van der Waals surface area (Å²) in [4.78, 5) is 22.1. The van der Waals surface area contributed by atoms with E-state index in [1.54, 1.807) is 0 Å². The monoisotopic (exact) mass is 203 g/mol. The van der Waals surface area contributed by atoms with Gasteiger partial charge in [-0.1, -0.05) is 20.3 Å². The van der Waals surface area contributed by atoms with E-state index in [9.17, 15) is 9.59 Å². The van der Waals surface area contributed by atoms with Crippen molar-refractivity contribution in [3.63, 3.8) is 0 Å². The Balaban J connectivity index is 4.39. The van der Waals surface area contributed by atoms with Crippen LogP contribution in [0.2, 0.25) is 0 Å². The Morgan fingerprint density at radius 2 is 2.07 bits per heavy atom. The number of methoxy groups -OCH3 is 1. The Bertz CT molecular complexity index is 205. The number of carbonyl (C=O) groups is 2. The number of nitrogens with one attached hydrogen (secondary N) is 1. The van der Waals surface area contributed by atoms with Gasteiger partial charge in [0.1, 0.15) is 12.6 Å². The summed E-state index contributed by atoms with van der Waals surface area (Å²) >= 11 is 0. The van der Waals surface area contributed by atoms with Gasteiger partial charge in [0.05, 0.1) is 7.11 Å². The molecule has 0 fully saturated rings. The molecule has 0 aromatic carbocycles. The first-order valence-corrected chi connectivity index (χ1v) is 4.54. The molecule has 0 saturated carbocycles. The number of hydrogen-bond donors (Lipinski definition) is 2. The lowest BCUT2D eigenvalue weighted by Gasteiger charge is -2.21. The number of aliphatic hydroxyl groups is 1. The molecule has 1 amide bonds. The van der Waals surface area contributed by atoms with Crippen LogP contribution in [0.5, 0.6) is 0 Å². The van der Waals surface area contributed by atoms with Crippen molar-refractivity contribution in [1.82, 2.24) is 5.32 Å². The molecule has 0 aliphatic rings. The van der Waals surface area contributed by atoms with Crippen LogP contribution in [0.4, 0.5) is 0 Å². The third-order valence-electron chi connectivity index (χ3n) is 2.13. The third kappa shape index (κ3) is 3.74. The van der Waals surface area contributed by atoms with Gasteiger partial charge in [-0.25, -0.2) is 4.79 Å². The molecular weight excluding hydrogens is 186 g/mol. The Labute approximate surface area is 83.4 Å². The van der Waals surface area contributed by atoms with Crippen LogP contribution in [0.15, 0.2) is 0 Å². The van der Waals surface area contributed by atoms with Gasteiger partial charge in [0.2, 0.25) is 5.91 Å². The first-order valence-electron chi connectivity index (χ1n) is 4.54. The summed E-state index contributed by atoms with van der Waals surface area (Å²) in [6, 6.07) is -0.676. The molecule has 14 heavy (non-hydrogen) atoms. The molecule has 0 bridgehead atoms. The maximum Gasteiger partial charge on any atom is 0.328 e. The van der Waals surface area contributed by atoms with Gasteiger partial charge in [-0.15, -0.1) is 0 Å². The maximum absolute atomic E-state index is 11.2. The van der Waals surface area contributed by atoms with E-state index >= 15 is 0 Å². The molecule has 5 heteroatoms. The average Bonchev–Trinajstić information content (AvgIpc) is 2.23. The second-order valence-corrected chi connectivity index (χ2v) is 3.11. The maximum atomic E-state index is 11.2. The van der Waals surface area contributed by atoms with Crippen molar-refractivity contribution in [1.29, 1.82) is 0 Å². The van der Waals surface area contributed by atoms with E-state index in [1.807, 2.05) is 13.8 Å². The van der Waals surface area contributed by atoms with Crippen molar-refractivity contribution in [3.8, 4) is 0 Å². The van der Waals surface area contributed by atoms with E-state index in [4.69, 9.17) is 5.11 Å². The predicted molar refractivity (Wildman–Crippen MR) is 50.5 cm³/mol. The summed E-state index contributed by atoms with van der Waals surface area (Å²) in [5.41, 5.74) is 0. The molecule has 0 rings (SSSR count). The number of rotatable bonds is 5. The number of aliphatic hydroxyl groups excluding tert-OH is 1. The Hall–Kier alpha value is -1.10. The van der Waals surface area contributed by atoms with Crippen molar-refractivity contribution in [2.24, 2.45) is 5.92 Å². The van der Waals surface area contributed by atoms with Crippen LogP contribution < -0.4 is 5.32 Å². The smallest absolute Gasteiger partial charge is 0.328 e. The molecule has 0 unspecified atom stereocenters. The van der Waals surface area contributed by atoms with E-state index in [0.717, 1.165) is 6.42 Å². The van der Waals surface area contributed by atoms with Crippen LogP contribution in [0, 0.1) is 5.92 Å². The van der Waals surface area contributed by atoms with E-state index in [0.29, 0.717) is 0 Å². The molecule has 82 valence electrons. The van der Waals surface area contributed by atoms with Crippen LogP contribution in [0.25, 0.3) is 0 Å². The fraction of sp³-hybridized carbons (Fsp3) is 0.778. The highest BCUT2D eigenvalue weighted by atomic mass is 16.5. The average molecular weight is 203 g/mol. The minimum Gasteiger partial charge on any atom is -0.467 e. The second-order valence-electron chi connectivity index (χ2n) is 3.11. The van der Waals surface area contributed by atoms with Crippen LogP contribution in [0.1, 0.15) is 20.3 Å². The van der Waals surface area contributed by atoms with Crippen molar-refractivity contribution < 1.29 is 19.4 Å². The van der Waals surface area contributed by atoms with E-state index in [-0.39, 0.29) is 5.92 Å². The summed E-state index contributed by atoms with van der Waals surface area (Å²) in [7, 11) is 1.27. The van der Waals surface area contributed by atoms with Gasteiger partial charge < -0.3 is 15.2 Å². The lowest BCUT2D eigenvalue weighted by molar-refractivity contribution is -0.146. The largest absolute Gasteiger partial charge is 0.467 e. The third-order valence-corrected chi connectivity index (χ3v) is 2.13. The molecule has 5 nitrogen and oxygen atoms in total. The molecule has 2 atom stereocenters. The fourth-order valence-corrected chi connectivity index (χ4v) is 1.02. The zero-order chi connectivity index (χ0) is 11.1. The molecule has 0 aliphatic heterocycles. The quantitative estimate of drug-likeness (QED) is 0.601. The molecule has 0 aromatic rings.